The molecule has 0 spiro atoms. The molecule has 0 radical (unpaired) electrons. The highest BCUT2D eigenvalue weighted by Gasteiger charge is 2.28. The van der Waals surface area contributed by atoms with E-state index in [1.54, 1.807) is 0 Å². The molecule has 0 aromatic heterocycles. The minimum Gasteiger partial charge on any atom is -0.353 e. The van der Waals surface area contributed by atoms with E-state index < -0.39 is 0 Å². The van der Waals surface area contributed by atoms with Gasteiger partial charge in [-0.2, -0.15) is 0 Å². The van der Waals surface area contributed by atoms with Gasteiger partial charge in [0, 0.05) is 0 Å². The zero-order valence-electron chi connectivity index (χ0n) is 8.31. The van der Waals surface area contributed by atoms with Crippen molar-refractivity contribution in [1.82, 2.24) is 0 Å². The zero-order chi connectivity index (χ0) is 8.91. The maximum absolute atomic E-state index is 5.30. The van der Waals surface area contributed by atoms with E-state index in [1.807, 2.05) is 13.8 Å². The second-order valence-electron chi connectivity index (χ2n) is 3.51. The lowest BCUT2D eigenvalue weighted by Gasteiger charge is -2.23. The van der Waals surface area contributed by atoms with Gasteiger partial charge in [-0.1, -0.05) is 34.6 Å². The lowest BCUT2D eigenvalue weighted by atomic mass is 9.90. The summed E-state index contributed by atoms with van der Waals surface area (Å²) < 4.78 is 10.4. The fourth-order valence-electron chi connectivity index (χ4n) is 0.834. The molecule has 0 aliphatic carbocycles. The molecule has 1 unspecified atom stereocenters. The molecule has 1 aliphatic heterocycles. The first-order chi connectivity index (χ1) is 5.11. The van der Waals surface area contributed by atoms with Crippen LogP contribution in [0.1, 0.15) is 34.6 Å². The van der Waals surface area contributed by atoms with Crippen LogP contribution < -0.4 is 0 Å². The Morgan fingerprint density at radius 1 is 1.18 bits per heavy atom. The van der Waals surface area contributed by atoms with Crippen molar-refractivity contribution >= 4 is 0 Å². The summed E-state index contributed by atoms with van der Waals surface area (Å²) >= 11 is 0. The monoisotopic (exact) mass is 160 g/mol. The van der Waals surface area contributed by atoms with Gasteiger partial charge in [-0.25, -0.2) is 0 Å². The molecule has 1 atom stereocenters. The molecule has 1 fully saturated rings. The van der Waals surface area contributed by atoms with Gasteiger partial charge >= 0.3 is 0 Å². The van der Waals surface area contributed by atoms with E-state index in [9.17, 15) is 0 Å². The van der Waals surface area contributed by atoms with Crippen molar-refractivity contribution in [3.05, 3.63) is 0 Å². The van der Waals surface area contributed by atoms with Crippen LogP contribution in [0.25, 0.3) is 0 Å². The lowest BCUT2D eigenvalue weighted by Crippen LogP contribution is -2.27. The molecule has 0 aromatic carbocycles. The van der Waals surface area contributed by atoms with E-state index in [0.29, 0.717) is 6.79 Å². The molecule has 0 bridgehead atoms. The number of hydrogen-bond donors (Lipinski definition) is 0. The smallest absolute Gasteiger partial charge is 0.147 e. The molecule has 2 heteroatoms. The molecule has 0 amide bonds. The molecule has 1 heterocycles. The summed E-state index contributed by atoms with van der Waals surface area (Å²) in [6, 6.07) is 0. The topological polar surface area (TPSA) is 18.5 Å². The van der Waals surface area contributed by atoms with Crippen LogP contribution in [0.5, 0.6) is 0 Å². The number of ether oxygens (including phenoxy) is 2. The molecule has 0 aromatic rings. The Bertz CT molecular complexity index is 88.2. The number of rotatable bonds is 0. The predicted octanol–water partition coefficient (Wildman–Crippen LogP) is 2.43. The Morgan fingerprint density at radius 2 is 1.73 bits per heavy atom. The van der Waals surface area contributed by atoms with Crippen LogP contribution in [0.3, 0.4) is 0 Å². The molecule has 1 aliphatic rings. The van der Waals surface area contributed by atoms with E-state index in [2.05, 4.69) is 20.8 Å². The van der Waals surface area contributed by atoms with Crippen molar-refractivity contribution < 1.29 is 9.47 Å². The molecule has 2 nitrogen and oxygen atoms in total. The molecule has 1 rings (SSSR count). The maximum Gasteiger partial charge on any atom is 0.147 e. The Balaban J connectivity index is 0.000000461. The van der Waals surface area contributed by atoms with E-state index >= 15 is 0 Å². The quantitative estimate of drug-likeness (QED) is 0.542. The fraction of sp³-hybridized carbons (Fsp3) is 1.00. The van der Waals surface area contributed by atoms with Gasteiger partial charge in [-0.05, 0) is 5.41 Å². The lowest BCUT2D eigenvalue weighted by molar-refractivity contribution is 0.00941. The van der Waals surface area contributed by atoms with Crippen molar-refractivity contribution in [2.24, 2.45) is 5.41 Å². The van der Waals surface area contributed by atoms with E-state index in [-0.39, 0.29) is 11.5 Å². The van der Waals surface area contributed by atoms with Crippen molar-refractivity contribution in [3.8, 4) is 0 Å². The SMILES string of the molecule is CC.CC(C)(C)C1COCO1. The third-order valence-corrected chi connectivity index (χ3v) is 1.59. The first-order valence-electron chi connectivity index (χ1n) is 4.30. The summed E-state index contributed by atoms with van der Waals surface area (Å²) in [6.45, 7) is 11.7. The fourth-order valence-corrected chi connectivity index (χ4v) is 0.834. The minimum atomic E-state index is 0.233. The second kappa shape index (κ2) is 4.73. The van der Waals surface area contributed by atoms with Crippen LogP contribution >= 0.6 is 0 Å². The van der Waals surface area contributed by atoms with Crippen molar-refractivity contribution in [2.75, 3.05) is 13.4 Å². The molecular formula is C9H20O2. The standard InChI is InChI=1S/C7H14O2.C2H6/c1-7(2,3)6-4-8-5-9-6;1-2/h6H,4-5H2,1-3H3;1-2H3. The highest BCUT2D eigenvalue weighted by Crippen LogP contribution is 2.25. The predicted molar refractivity (Wildman–Crippen MR) is 46.5 cm³/mol. The van der Waals surface area contributed by atoms with E-state index in [0.717, 1.165) is 6.61 Å². The van der Waals surface area contributed by atoms with Crippen LogP contribution in [-0.2, 0) is 9.47 Å². The molecule has 0 N–H and O–H groups in total. The van der Waals surface area contributed by atoms with Gasteiger partial charge in [0.25, 0.3) is 0 Å². The van der Waals surface area contributed by atoms with Gasteiger partial charge < -0.3 is 9.47 Å². The molecule has 11 heavy (non-hydrogen) atoms. The van der Waals surface area contributed by atoms with Crippen LogP contribution in [0.4, 0.5) is 0 Å². The average molecular weight is 160 g/mol. The molecule has 0 saturated carbocycles. The van der Waals surface area contributed by atoms with Crippen molar-refractivity contribution in [3.63, 3.8) is 0 Å². The first kappa shape index (κ1) is 10.9. The highest BCUT2D eigenvalue weighted by atomic mass is 16.7. The van der Waals surface area contributed by atoms with Crippen LogP contribution in [0, 0.1) is 5.41 Å². The van der Waals surface area contributed by atoms with E-state index in [1.165, 1.54) is 0 Å². The third kappa shape index (κ3) is 3.73. The van der Waals surface area contributed by atoms with Gasteiger partial charge in [0.1, 0.15) is 6.79 Å². The zero-order valence-corrected chi connectivity index (χ0v) is 8.31. The summed E-state index contributed by atoms with van der Waals surface area (Å²) in [5.74, 6) is 0. The van der Waals surface area contributed by atoms with Crippen molar-refractivity contribution in [1.29, 1.82) is 0 Å². The summed E-state index contributed by atoms with van der Waals surface area (Å²) in [7, 11) is 0. The summed E-state index contributed by atoms with van der Waals surface area (Å²) in [4.78, 5) is 0. The Labute approximate surface area is 69.9 Å². The third-order valence-electron chi connectivity index (χ3n) is 1.59. The molecule has 1 saturated heterocycles. The summed E-state index contributed by atoms with van der Waals surface area (Å²) in [5.41, 5.74) is 0.233. The highest BCUT2D eigenvalue weighted by molar-refractivity contribution is 4.75. The summed E-state index contributed by atoms with van der Waals surface area (Å²) in [5, 5.41) is 0. The molecule has 68 valence electrons. The summed E-state index contributed by atoms with van der Waals surface area (Å²) in [6.07, 6.45) is 0.289. The second-order valence-corrected chi connectivity index (χ2v) is 3.51. The van der Waals surface area contributed by atoms with Crippen LogP contribution in [0.2, 0.25) is 0 Å². The van der Waals surface area contributed by atoms with Gasteiger partial charge in [0.05, 0.1) is 12.7 Å². The van der Waals surface area contributed by atoms with E-state index in [4.69, 9.17) is 9.47 Å². The van der Waals surface area contributed by atoms with Gasteiger partial charge in [0.2, 0.25) is 0 Å². The average Bonchev–Trinajstić information content (AvgIpc) is 2.40. The van der Waals surface area contributed by atoms with Crippen LogP contribution in [0.15, 0.2) is 0 Å². The Kier molecular flexibility index (Phi) is 4.69. The van der Waals surface area contributed by atoms with Gasteiger partial charge in [-0.3, -0.25) is 0 Å². The first-order valence-corrected chi connectivity index (χ1v) is 4.30. The Hall–Kier alpha value is -0.0800. The normalized spacial score (nSPS) is 24.3. The van der Waals surface area contributed by atoms with Gasteiger partial charge in [0.15, 0.2) is 0 Å². The largest absolute Gasteiger partial charge is 0.353 e. The van der Waals surface area contributed by atoms with Crippen molar-refractivity contribution in [2.45, 2.75) is 40.7 Å². The van der Waals surface area contributed by atoms with Crippen LogP contribution in [-0.4, -0.2) is 19.5 Å². The molecular weight excluding hydrogens is 140 g/mol. The number of hydrogen-bond acceptors (Lipinski definition) is 2. The Morgan fingerprint density at radius 3 is 1.91 bits per heavy atom. The van der Waals surface area contributed by atoms with Gasteiger partial charge in [-0.15, -0.1) is 0 Å². The maximum atomic E-state index is 5.30. The minimum absolute atomic E-state index is 0.233.